The highest BCUT2D eigenvalue weighted by molar-refractivity contribution is 7.08. The van der Waals surface area contributed by atoms with Crippen molar-refractivity contribution in [2.45, 2.75) is 26.7 Å². The number of fused-ring (bicyclic) bond motifs is 1. The highest BCUT2D eigenvalue weighted by atomic mass is 32.1. The standard InChI is InChI=1S/C21H21N5OS/c1-20(2,3)19(27)26-6-4-14-15(8-22)18(25)21(11-23,12-24)17(16(14)9-26)13-5-7-28-10-13/h4-5,7,10,16-17H,6,9,25H2,1-3H3. The first-order valence-corrected chi connectivity index (χ1v) is 9.90. The number of carbonyl (C=O) groups excluding carboxylic acids is 1. The first kappa shape index (κ1) is 19.7. The summed E-state index contributed by atoms with van der Waals surface area (Å²) in [5.74, 6) is -0.906. The topological polar surface area (TPSA) is 118 Å². The van der Waals surface area contributed by atoms with Crippen molar-refractivity contribution in [1.29, 1.82) is 15.8 Å². The molecule has 2 heterocycles. The Balaban J connectivity index is 2.22. The van der Waals surface area contributed by atoms with E-state index in [-0.39, 0.29) is 23.1 Å². The molecule has 28 heavy (non-hydrogen) atoms. The normalized spacial score (nSPS) is 23.7. The quantitative estimate of drug-likeness (QED) is 0.789. The van der Waals surface area contributed by atoms with Crippen molar-refractivity contribution in [2.75, 3.05) is 13.1 Å². The second-order valence-electron chi connectivity index (χ2n) is 8.19. The lowest BCUT2D eigenvalue weighted by Crippen LogP contribution is -2.51. The predicted octanol–water partition coefficient (Wildman–Crippen LogP) is 3.05. The molecule has 1 aromatic heterocycles. The molecule has 1 aliphatic heterocycles. The van der Waals surface area contributed by atoms with Crippen LogP contribution in [0.2, 0.25) is 0 Å². The number of nitrogens with zero attached hydrogens (tertiary/aromatic N) is 4. The van der Waals surface area contributed by atoms with Crippen LogP contribution in [0.4, 0.5) is 0 Å². The van der Waals surface area contributed by atoms with Crippen molar-refractivity contribution < 1.29 is 4.79 Å². The lowest BCUT2D eigenvalue weighted by atomic mass is 9.58. The van der Waals surface area contributed by atoms with Crippen molar-refractivity contribution in [1.82, 2.24) is 4.90 Å². The Bertz CT molecular complexity index is 978. The van der Waals surface area contributed by atoms with E-state index in [9.17, 15) is 20.6 Å². The fourth-order valence-electron chi connectivity index (χ4n) is 4.15. The van der Waals surface area contributed by atoms with Crippen LogP contribution in [0.15, 0.2) is 39.7 Å². The molecule has 1 aliphatic carbocycles. The van der Waals surface area contributed by atoms with Gasteiger partial charge in [-0.1, -0.05) is 26.8 Å². The molecule has 142 valence electrons. The van der Waals surface area contributed by atoms with Gasteiger partial charge in [-0.2, -0.15) is 27.1 Å². The summed E-state index contributed by atoms with van der Waals surface area (Å²) in [6, 6.07) is 8.19. The molecule has 2 unspecified atom stereocenters. The number of thiophene rings is 1. The molecule has 6 nitrogen and oxygen atoms in total. The van der Waals surface area contributed by atoms with E-state index in [4.69, 9.17) is 5.73 Å². The molecule has 0 saturated carbocycles. The van der Waals surface area contributed by atoms with Crippen molar-refractivity contribution in [3.8, 4) is 18.2 Å². The molecule has 2 N–H and O–H groups in total. The van der Waals surface area contributed by atoms with Crippen LogP contribution in [-0.4, -0.2) is 23.9 Å². The van der Waals surface area contributed by atoms with Gasteiger partial charge in [0, 0.05) is 30.3 Å². The maximum Gasteiger partial charge on any atom is 0.228 e. The lowest BCUT2D eigenvalue weighted by molar-refractivity contribution is -0.139. The van der Waals surface area contributed by atoms with Gasteiger partial charge >= 0.3 is 0 Å². The smallest absolute Gasteiger partial charge is 0.228 e. The number of carbonyl (C=O) groups is 1. The van der Waals surface area contributed by atoms with Gasteiger partial charge in [-0.25, -0.2) is 0 Å². The Labute approximate surface area is 168 Å². The zero-order chi connectivity index (χ0) is 20.7. The van der Waals surface area contributed by atoms with Crippen LogP contribution in [0, 0.1) is 50.7 Å². The summed E-state index contributed by atoms with van der Waals surface area (Å²) in [5, 5.41) is 33.5. The molecule has 2 atom stereocenters. The van der Waals surface area contributed by atoms with E-state index in [1.807, 2.05) is 43.7 Å². The molecule has 1 amide bonds. The molecule has 1 aromatic rings. The molecule has 0 bridgehead atoms. The van der Waals surface area contributed by atoms with E-state index < -0.39 is 16.7 Å². The van der Waals surface area contributed by atoms with E-state index in [2.05, 4.69) is 18.2 Å². The Hall–Kier alpha value is -3.08. The van der Waals surface area contributed by atoms with Gasteiger partial charge in [0.1, 0.15) is 6.07 Å². The van der Waals surface area contributed by atoms with Gasteiger partial charge in [0.15, 0.2) is 5.41 Å². The Morgan fingerprint density at radius 2 is 2.00 bits per heavy atom. The van der Waals surface area contributed by atoms with E-state index in [1.165, 1.54) is 11.3 Å². The number of nitrogens with two attached hydrogens (primary N) is 1. The van der Waals surface area contributed by atoms with Crippen molar-refractivity contribution >= 4 is 17.2 Å². The van der Waals surface area contributed by atoms with Crippen LogP contribution in [-0.2, 0) is 4.79 Å². The summed E-state index contributed by atoms with van der Waals surface area (Å²) in [6.07, 6.45) is 1.85. The fraction of sp³-hybridized carbons (Fsp3) is 0.429. The Kier molecular flexibility index (Phi) is 4.79. The monoisotopic (exact) mass is 391 g/mol. The molecular weight excluding hydrogens is 370 g/mol. The Morgan fingerprint density at radius 1 is 1.32 bits per heavy atom. The van der Waals surface area contributed by atoms with E-state index in [0.29, 0.717) is 13.1 Å². The zero-order valence-electron chi connectivity index (χ0n) is 16.1. The van der Waals surface area contributed by atoms with Gasteiger partial charge in [-0.3, -0.25) is 4.79 Å². The highest BCUT2D eigenvalue weighted by Crippen LogP contribution is 2.54. The number of nitriles is 3. The average Bonchev–Trinajstić information content (AvgIpc) is 3.19. The maximum atomic E-state index is 12.9. The summed E-state index contributed by atoms with van der Waals surface area (Å²) < 4.78 is 0. The first-order chi connectivity index (χ1) is 13.2. The van der Waals surface area contributed by atoms with E-state index >= 15 is 0 Å². The largest absolute Gasteiger partial charge is 0.399 e. The van der Waals surface area contributed by atoms with Crippen LogP contribution in [0.3, 0.4) is 0 Å². The predicted molar refractivity (Wildman–Crippen MR) is 105 cm³/mol. The zero-order valence-corrected chi connectivity index (χ0v) is 16.9. The first-order valence-electron chi connectivity index (χ1n) is 8.96. The minimum atomic E-state index is -1.65. The molecule has 0 spiro atoms. The third kappa shape index (κ3) is 2.78. The summed E-state index contributed by atoms with van der Waals surface area (Å²) >= 11 is 1.47. The number of amides is 1. The molecule has 0 fully saturated rings. The van der Waals surface area contributed by atoms with E-state index in [0.717, 1.165) is 11.1 Å². The van der Waals surface area contributed by atoms with E-state index in [1.54, 1.807) is 4.90 Å². The van der Waals surface area contributed by atoms with Crippen molar-refractivity contribution in [3.05, 3.63) is 45.3 Å². The Morgan fingerprint density at radius 3 is 2.50 bits per heavy atom. The third-order valence-corrected chi connectivity index (χ3v) is 6.20. The maximum absolute atomic E-state index is 12.9. The number of hydrogen-bond donors (Lipinski definition) is 1. The van der Waals surface area contributed by atoms with Crippen LogP contribution in [0.1, 0.15) is 32.3 Å². The van der Waals surface area contributed by atoms with Gasteiger partial charge < -0.3 is 10.6 Å². The van der Waals surface area contributed by atoms with Crippen molar-refractivity contribution in [3.63, 3.8) is 0 Å². The van der Waals surface area contributed by atoms with Crippen molar-refractivity contribution in [2.24, 2.45) is 22.5 Å². The second-order valence-corrected chi connectivity index (χ2v) is 8.97. The number of allylic oxidation sites excluding steroid dienone is 2. The van der Waals surface area contributed by atoms with Crippen LogP contribution < -0.4 is 5.73 Å². The summed E-state index contributed by atoms with van der Waals surface area (Å²) in [4.78, 5) is 14.6. The summed E-state index contributed by atoms with van der Waals surface area (Å²) in [5.41, 5.74) is 5.82. The average molecular weight is 392 g/mol. The molecule has 0 radical (unpaired) electrons. The van der Waals surface area contributed by atoms with Crippen LogP contribution in [0.5, 0.6) is 0 Å². The number of hydrogen-bond acceptors (Lipinski definition) is 6. The second kappa shape index (κ2) is 6.82. The fourth-order valence-corrected chi connectivity index (χ4v) is 4.84. The minimum absolute atomic E-state index is 0.00702. The molecule has 2 aliphatic rings. The molecule has 7 heteroatoms. The lowest BCUT2D eigenvalue weighted by Gasteiger charge is -2.46. The molecule has 0 aromatic carbocycles. The van der Waals surface area contributed by atoms with Gasteiger partial charge in [-0.05, 0) is 28.0 Å². The summed E-state index contributed by atoms with van der Waals surface area (Å²) in [7, 11) is 0. The van der Waals surface area contributed by atoms with Gasteiger partial charge in [0.05, 0.1) is 23.4 Å². The van der Waals surface area contributed by atoms with Crippen LogP contribution in [0.25, 0.3) is 0 Å². The molecular formula is C21H21N5OS. The van der Waals surface area contributed by atoms with Gasteiger partial charge in [0.25, 0.3) is 0 Å². The van der Waals surface area contributed by atoms with Gasteiger partial charge in [-0.15, -0.1) is 0 Å². The van der Waals surface area contributed by atoms with Gasteiger partial charge in [0.2, 0.25) is 5.91 Å². The number of rotatable bonds is 1. The highest BCUT2D eigenvalue weighted by Gasteiger charge is 2.55. The minimum Gasteiger partial charge on any atom is -0.399 e. The molecule has 0 saturated heterocycles. The third-order valence-electron chi connectivity index (χ3n) is 5.50. The SMILES string of the molecule is CC(C)(C)C(=O)N1CC=C2C(C#N)=C(N)C(C#N)(C#N)C(c3ccsc3)C2C1. The molecule has 3 rings (SSSR count). The van der Waals surface area contributed by atoms with Crippen LogP contribution >= 0.6 is 11.3 Å². The summed E-state index contributed by atoms with van der Waals surface area (Å²) in [6.45, 7) is 6.30.